The molecule has 0 fully saturated rings. The first kappa shape index (κ1) is 12.7. The lowest BCUT2D eigenvalue weighted by Crippen LogP contribution is -2.29. The Hall–Kier alpha value is -1.36. The smallest absolute Gasteiger partial charge is 0.221 e. The van der Waals surface area contributed by atoms with Gasteiger partial charge in [-0.15, -0.1) is 0 Å². The molecule has 1 rings (SSSR count). The quantitative estimate of drug-likeness (QED) is 0.713. The molecule has 90 valence electrons. The van der Waals surface area contributed by atoms with Crippen LogP contribution in [0, 0.1) is 6.92 Å². The predicted octanol–water partition coefficient (Wildman–Crippen LogP) is 1.16. The average Bonchev–Trinajstić information content (AvgIpc) is 2.65. The number of nitrogens with zero attached hydrogens (tertiary/aromatic N) is 1. The van der Waals surface area contributed by atoms with Crippen LogP contribution in [0.5, 0.6) is 0 Å². The molecule has 2 N–H and O–H groups in total. The average molecular weight is 225 g/mol. The van der Waals surface area contributed by atoms with Crippen molar-refractivity contribution in [2.24, 2.45) is 0 Å². The number of aromatic nitrogens is 1. The van der Waals surface area contributed by atoms with Crippen LogP contribution in [-0.2, 0) is 4.79 Å². The summed E-state index contributed by atoms with van der Waals surface area (Å²) in [5.41, 5.74) is 0. The Labute approximate surface area is 95.6 Å². The zero-order chi connectivity index (χ0) is 12.0. The number of hydrogen-bond acceptors (Lipinski definition) is 4. The number of oxazole rings is 1. The van der Waals surface area contributed by atoms with Crippen LogP contribution in [-0.4, -0.2) is 24.0 Å². The van der Waals surface area contributed by atoms with Crippen LogP contribution in [0.25, 0.3) is 0 Å². The molecule has 0 radical (unpaired) electrons. The van der Waals surface area contributed by atoms with E-state index in [4.69, 9.17) is 4.42 Å². The monoisotopic (exact) mass is 225 g/mol. The molecular formula is C11H19N3O2. The van der Waals surface area contributed by atoms with Crippen molar-refractivity contribution in [1.29, 1.82) is 0 Å². The van der Waals surface area contributed by atoms with Gasteiger partial charge in [0.25, 0.3) is 0 Å². The van der Waals surface area contributed by atoms with Gasteiger partial charge in [0, 0.05) is 13.0 Å². The first-order valence-electron chi connectivity index (χ1n) is 5.56. The highest BCUT2D eigenvalue weighted by atomic mass is 16.4. The van der Waals surface area contributed by atoms with E-state index in [1.165, 1.54) is 0 Å². The van der Waals surface area contributed by atoms with E-state index in [-0.39, 0.29) is 11.9 Å². The van der Waals surface area contributed by atoms with Gasteiger partial charge in [-0.2, -0.15) is 0 Å². The van der Waals surface area contributed by atoms with E-state index in [0.717, 1.165) is 12.3 Å². The first-order valence-corrected chi connectivity index (χ1v) is 5.56. The van der Waals surface area contributed by atoms with E-state index in [9.17, 15) is 4.79 Å². The number of carbonyl (C=O) groups excluding carboxylic acids is 1. The molecule has 1 atom stereocenters. The highest BCUT2D eigenvalue weighted by molar-refractivity contribution is 5.76. The van der Waals surface area contributed by atoms with Crippen LogP contribution in [0.3, 0.4) is 0 Å². The number of rotatable bonds is 6. The normalized spacial score (nSPS) is 12.4. The molecule has 0 saturated carbocycles. The largest absolute Gasteiger partial charge is 0.444 e. The molecule has 0 aromatic carbocycles. The molecule has 16 heavy (non-hydrogen) atoms. The molecule has 1 aromatic heterocycles. The first-order chi connectivity index (χ1) is 7.63. The maximum atomic E-state index is 11.5. The van der Waals surface area contributed by atoms with Gasteiger partial charge in [0.2, 0.25) is 11.8 Å². The third-order valence-corrected chi connectivity index (χ3v) is 2.17. The molecule has 5 heteroatoms. The van der Waals surface area contributed by atoms with Gasteiger partial charge in [-0.3, -0.25) is 4.79 Å². The summed E-state index contributed by atoms with van der Waals surface area (Å²) in [6.45, 7) is 7.27. The van der Waals surface area contributed by atoms with Gasteiger partial charge in [-0.25, -0.2) is 4.98 Å². The van der Waals surface area contributed by atoms with Crippen molar-refractivity contribution in [3.05, 3.63) is 17.8 Å². The molecule has 0 spiro atoms. The fourth-order valence-corrected chi connectivity index (χ4v) is 1.33. The summed E-state index contributed by atoms with van der Waals surface area (Å²) in [5.74, 6) is 1.31. The summed E-state index contributed by atoms with van der Waals surface area (Å²) in [4.78, 5) is 15.6. The highest BCUT2D eigenvalue weighted by Crippen LogP contribution is 2.11. The van der Waals surface area contributed by atoms with Crippen LogP contribution < -0.4 is 10.6 Å². The van der Waals surface area contributed by atoms with Gasteiger partial charge in [-0.05, 0) is 20.4 Å². The number of amides is 1. The zero-order valence-electron chi connectivity index (χ0n) is 10.0. The topological polar surface area (TPSA) is 67.2 Å². The van der Waals surface area contributed by atoms with Crippen LogP contribution in [0.15, 0.2) is 10.6 Å². The summed E-state index contributed by atoms with van der Waals surface area (Å²) < 4.78 is 5.33. The van der Waals surface area contributed by atoms with Gasteiger partial charge >= 0.3 is 0 Å². The lowest BCUT2D eigenvalue weighted by atomic mass is 10.3. The molecule has 5 nitrogen and oxygen atoms in total. The SMILES string of the molecule is CCNCCC(=O)NC(C)c1ncc(C)o1. The summed E-state index contributed by atoms with van der Waals surface area (Å²) >= 11 is 0. The summed E-state index contributed by atoms with van der Waals surface area (Å²) in [6.07, 6.45) is 2.12. The summed E-state index contributed by atoms with van der Waals surface area (Å²) in [6, 6.07) is -0.178. The Morgan fingerprint density at radius 3 is 2.94 bits per heavy atom. The number of aryl methyl sites for hydroxylation is 1. The van der Waals surface area contributed by atoms with E-state index in [0.29, 0.717) is 18.9 Å². The molecule has 0 aliphatic heterocycles. The molecular weight excluding hydrogens is 206 g/mol. The van der Waals surface area contributed by atoms with Crippen molar-refractivity contribution in [1.82, 2.24) is 15.6 Å². The van der Waals surface area contributed by atoms with Gasteiger partial charge in [0.1, 0.15) is 11.8 Å². The number of nitrogens with one attached hydrogen (secondary N) is 2. The van der Waals surface area contributed by atoms with Gasteiger partial charge in [-0.1, -0.05) is 6.92 Å². The van der Waals surface area contributed by atoms with E-state index >= 15 is 0 Å². The molecule has 1 heterocycles. The Morgan fingerprint density at radius 1 is 1.62 bits per heavy atom. The Balaban J connectivity index is 2.33. The maximum absolute atomic E-state index is 11.5. The molecule has 1 aromatic rings. The van der Waals surface area contributed by atoms with Crippen molar-refractivity contribution in [2.75, 3.05) is 13.1 Å². The predicted molar refractivity (Wildman–Crippen MR) is 61.0 cm³/mol. The molecule has 0 bridgehead atoms. The van der Waals surface area contributed by atoms with Gasteiger partial charge in [0.05, 0.1) is 6.20 Å². The van der Waals surface area contributed by atoms with E-state index in [1.54, 1.807) is 6.20 Å². The van der Waals surface area contributed by atoms with Crippen LogP contribution in [0.1, 0.15) is 38.0 Å². The minimum Gasteiger partial charge on any atom is -0.444 e. The fraction of sp³-hybridized carbons (Fsp3) is 0.636. The van der Waals surface area contributed by atoms with Gasteiger partial charge in [0.15, 0.2) is 0 Å². The minimum atomic E-state index is -0.178. The summed E-state index contributed by atoms with van der Waals surface area (Å²) in [7, 11) is 0. The van der Waals surface area contributed by atoms with Crippen molar-refractivity contribution < 1.29 is 9.21 Å². The second-order valence-electron chi connectivity index (χ2n) is 3.70. The molecule has 1 amide bonds. The second-order valence-corrected chi connectivity index (χ2v) is 3.70. The van der Waals surface area contributed by atoms with Crippen molar-refractivity contribution in [2.45, 2.75) is 33.2 Å². The minimum absolute atomic E-state index is 0.00398. The lowest BCUT2D eigenvalue weighted by Gasteiger charge is -2.10. The molecule has 0 aliphatic carbocycles. The number of hydrogen-bond donors (Lipinski definition) is 2. The third-order valence-electron chi connectivity index (χ3n) is 2.17. The molecule has 0 aliphatic rings. The Bertz CT molecular complexity index is 336. The Kier molecular flexibility index (Phi) is 4.98. The Morgan fingerprint density at radius 2 is 2.38 bits per heavy atom. The maximum Gasteiger partial charge on any atom is 0.221 e. The fourth-order valence-electron chi connectivity index (χ4n) is 1.33. The molecule has 0 saturated heterocycles. The second kappa shape index (κ2) is 6.27. The van der Waals surface area contributed by atoms with E-state index < -0.39 is 0 Å². The van der Waals surface area contributed by atoms with Crippen LogP contribution >= 0.6 is 0 Å². The van der Waals surface area contributed by atoms with Gasteiger partial charge < -0.3 is 15.1 Å². The molecule has 1 unspecified atom stereocenters. The van der Waals surface area contributed by atoms with Crippen LogP contribution in [0.2, 0.25) is 0 Å². The van der Waals surface area contributed by atoms with Crippen LogP contribution in [0.4, 0.5) is 0 Å². The third kappa shape index (κ3) is 4.02. The van der Waals surface area contributed by atoms with E-state index in [2.05, 4.69) is 15.6 Å². The summed E-state index contributed by atoms with van der Waals surface area (Å²) in [5, 5.41) is 5.93. The number of carbonyl (C=O) groups is 1. The van der Waals surface area contributed by atoms with E-state index in [1.807, 2.05) is 20.8 Å². The standard InChI is InChI=1S/C11H19N3O2/c1-4-12-6-5-10(15)14-9(3)11-13-7-8(2)16-11/h7,9,12H,4-6H2,1-3H3,(H,14,15). The van der Waals surface area contributed by atoms with Crippen molar-refractivity contribution >= 4 is 5.91 Å². The van der Waals surface area contributed by atoms with Crippen molar-refractivity contribution in [3.8, 4) is 0 Å². The zero-order valence-corrected chi connectivity index (χ0v) is 10.0. The lowest BCUT2D eigenvalue weighted by molar-refractivity contribution is -0.121. The highest BCUT2D eigenvalue weighted by Gasteiger charge is 2.13. The van der Waals surface area contributed by atoms with Crippen molar-refractivity contribution in [3.63, 3.8) is 0 Å².